The molecule has 0 aromatic rings. The molecule has 0 bridgehead atoms. The minimum atomic E-state index is 0.0540. The summed E-state index contributed by atoms with van der Waals surface area (Å²) in [4.78, 5) is 30.3. The Balaban J connectivity index is 1.56. The van der Waals surface area contributed by atoms with Crippen LogP contribution >= 0.6 is 12.2 Å². The fourth-order valence-electron chi connectivity index (χ4n) is 8.63. The second-order valence-electron chi connectivity index (χ2n) is 12.6. The summed E-state index contributed by atoms with van der Waals surface area (Å²) in [5.41, 5.74) is 0.278. The molecule has 3 aliphatic carbocycles. The van der Waals surface area contributed by atoms with Gasteiger partial charge in [-0.25, -0.2) is 0 Å². The van der Waals surface area contributed by atoms with Gasteiger partial charge in [-0.2, -0.15) is 0 Å². The summed E-state index contributed by atoms with van der Waals surface area (Å²) in [5, 5.41) is 3.88. The first-order valence-corrected chi connectivity index (χ1v) is 13.7. The Morgan fingerprint density at radius 2 is 1.70 bits per heavy atom. The monoisotopic (exact) mass is 475 g/mol. The van der Waals surface area contributed by atoms with Gasteiger partial charge >= 0.3 is 0 Å². The van der Waals surface area contributed by atoms with Gasteiger partial charge in [0.1, 0.15) is 0 Å². The van der Waals surface area contributed by atoms with E-state index in [1.165, 1.54) is 12.8 Å². The molecular formula is C27H45N3O2S. The van der Waals surface area contributed by atoms with Crippen LogP contribution in [0, 0.1) is 34.5 Å². The molecule has 1 N–H and O–H groups in total. The number of fused-ring (bicyclic) bond motifs is 5. The zero-order valence-electron chi connectivity index (χ0n) is 21.8. The largest absolute Gasteiger partial charge is 0.360 e. The van der Waals surface area contributed by atoms with Crippen LogP contribution in [0.3, 0.4) is 0 Å². The van der Waals surface area contributed by atoms with Crippen molar-refractivity contribution in [1.29, 1.82) is 0 Å². The van der Waals surface area contributed by atoms with Crippen LogP contribution in [0.2, 0.25) is 0 Å². The summed E-state index contributed by atoms with van der Waals surface area (Å²) < 4.78 is 0. The average molecular weight is 476 g/mol. The Bertz CT molecular complexity index is 813. The van der Waals surface area contributed by atoms with Crippen molar-refractivity contribution in [2.24, 2.45) is 34.5 Å². The van der Waals surface area contributed by atoms with Gasteiger partial charge in [-0.05, 0) is 113 Å². The van der Waals surface area contributed by atoms with Gasteiger partial charge in [-0.15, -0.1) is 0 Å². The molecular weight excluding hydrogens is 430 g/mol. The third-order valence-corrected chi connectivity index (χ3v) is 10.6. The van der Waals surface area contributed by atoms with Crippen molar-refractivity contribution >= 4 is 29.1 Å². The summed E-state index contributed by atoms with van der Waals surface area (Å²) in [6, 6.07) is 0.657. The topological polar surface area (TPSA) is 52.7 Å². The summed E-state index contributed by atoms with van der Waals surface area (Å²) in [7, 11) is 2.02. The summed E-state index contributed by atoms with van der Waals surface area (Å²) in [5.74, 6) is 2.56. The van der Waals surface area contributed by atoms with E-state index in [-0.39, 0.29) is 34.7 Å². The lowest BCUT2D eigenvalue weighted by Gasteiger charge is -2.61. The van der Waals surface area contributed by atoms with Crippen LogP contribution in [0.15, 0.2) is 0 Å². The van der Waals surface area contributed by atoms with E-state index in [4.69, 9.17) is 12.2 Å². The number of hydrogen-bond donors (Lipinski definition) is 1. The molecule has 4 aliphatic rings. The lowest BCUT2D eigenvalue weighted by molar-refractivity contribution is -0.160. The maximum Gasteiger partial charge on any atom is 0.232 e. The highest BCUT2D eigenvalue weighted by Gasteiger charge is 2.62. The zero-order chi connectivity index (χ0) is 24.3. The molecule has 0 aromatic heterocycles. The summed E-state index contributed by atoms with van der Waals surface area (Å²) in [6.07, 6.45) is 8.48. The van der Waals surface area contributed by atoms with E-state index in [2.05, 4.69) is 51.8 Å². The molecule has 2 amide bonds. The molecule has 7 atom stereocenters. The first-order valence-electron chi connectivity index (χ1n) is 13.3. The van der Waals surface area contributed by atoms with Crippen molar-refractivity contribution in [3.63, 3.8) is 0 Å². The molecule has 1 heterocycles. The van der Waals surface area contributed by atoms with Gasteiger partial charge < -0.3 is 10.2 Å². The van der Waals surface area contributed by atoms with Crippen molar-refractivity contribution in [2.45, 2.75) is 111 Å². The van der Waals surface area contributed by atoms with Crippen LogP contribution in [0.25, 0.3) is 0 Å². The van der Waals surface area contributed by atoms with Gasteiger partial charge in [0, 0.05) is 37.5 Å². The predicted molar refractivity (Wildman–Crippen MR) is 137 cm³/mol. The first-order chi connectivity index (χ1) is 15.4. The first kappa shape index (κ1) is 24.9. The fraction of sp³-hybridized carbons (Fsp3) is 0.889. The molecule has 1 saturated heterocycles. The number of nitrogens with one attached hydrogen (secondary N) is 1. The maximum atomic E-state index is 14.0. The van der Waals surface area contributed by atoms with Gasteiger partial charge in [0.2, 0.25) is 11.8 Å². The minimum Gasteiger partial charge on any atom is -0.360 e. The number of hydrogen-bond acceptors (Lipinski definition) is 3. The third-order valence-electron chi connectivity index (χ3n) is 10.2. The zero-order valence-corrected chi connectivity index (χ0v) is 22.6. The highest BCUT2D eigenvalue weighted by molar-refractivity contribution is 7.80. The lowest BCUT2D eigenvalue weighted by atomic mass is 9.47. The molecule has 1 aliphatic heterocycles. The lowest BCUT2D eigenvalue weighted by Crippen LogP contribution is -2.61. The van der Waals surface area contributed by atoms with Crippen molar-refractivity contribution < 1.29 is 9.59 Å². The van der Waals surface area contributed by atoms with Crippen LogP contribution < -0.4 is 5.32 Å². The van der Waals surface area contributed by atoms with E-state index in [0.29, 0.717) is 41.2 Å². The average Bonchev–Trinajstić information content (AvgIpc) is 3.07. The number of likely N-dealkylation sites (tertiary alicyclic amines) is 1. The Hall–Kier alpha value is -1.17. The number of carbonyl (C=O) groups excluding carboxylic acids is 2. The van der Waals surface area contributed by atoms with Crippen molar-refractivity contribution in [3.05, 3.63) is 0 Å². The smallest absolute Gasteiger partial charge is 0.232 e. The molecule has 5 nitrogen and oxygen atoms in total. The standard InChI is InChI=1S/C27H45N3O2S/c1-16(2)28-25(33)30(17(3)4)24(32)21-10-9-19-18-8-11-22-27(6,15-13-23(31)29(22)7)20(18)12-14-26(19,21)5/h16-22H,8-15H2,1-7H3,(H,28,33)/t18-,19-,20-,21+,22+,26-,27+/m0/s1. The van der Waals surface area contributed by atoms with Crippen LogP contribution in [0.1, 0.15) is 92.9 Å². The van der Waals surface area contributed by atoms with E-state index in [9.17, 15) is 9.59 Å². The normalized spacial score (nSPS) is 40.3. The van der Waals surface area contributed by atoms with Crippen LogP contribution in [0.4, 0.5) is 0 Å². The van der Waals surface area contributed by atoms with Gasteiger partial charge in [0.05, 0.1) is 0 Å². The van der Waals surface area contributed by atoms with E-state index in [1.54, 1.807) is 0 Å². The Morgan fingerprint density at radius 1 is 1.03 bits per heavy atom. The second-order valence-corrected chi connectivity index (χ2v) is 12.9. The number of amides is 2. The minimum absolute atomic E-state index is 0.0540. The van der Waals surface area contributed by atoms with Gasteiger partial charge in [0.15, 0.2) is 5.11 Å². The molecule has 3 saturated carbocycles. The van der Waals surface area contributed by atoms with Crippen molar-refractivity contribution in [3.8, 4) is 0 Å². The molecule has 0 unspecified atom stereocenters. The molecule has 186 valence electrons. The van der Waals surface area contributed by atoms with Gasteiger partial charge in [0.25, 0.3) is 0 Å². The van der Waals surface area contributed by atoms with E-state index in [0.717, 1.165) is 32.1 Å². The number of carbonyl (C=O) groups is 2. The highest BCUT2D eigenvalue weighted by atomic mass is 32.1. The number of rotatable bonds is 3. The van der Waals surface area contributed by atoms with Crippen molar-refractivity contribution in [1.82, 2.24) is 15.1 Å². The van der Waals surface area contributed by atoms with Gasteiger partial charge in [-0.1, -0.05) is 13.8 Å². The molecule has 0 spiro atoms. The SMILES string of the molecule is CC(C)NC(=S)N(C(=O)[C@H]1CC[C@H]2[C@@H]3CC[C@H]4N(C)C(=O)CC[C@]4(C)[C@H]3CC[C@]12C)C(C)C. The number of nitrogens with zero attached hydrogens (tertiary/aromatic N) is 2. The fourth-order valence-corrected chi connectivity index (χ4v) is 9.17. The second kappa shape index (κ2) is 8.80. The number of piperidine rings is 1. The Morgan fingerprint density at radius 3 is 2.33 bits per heavy atom. The molecule has 4 rings (SSSR count). The summed E-state index contributed by atoms with van der Waals surface area (Å²) >= 11 is 5.68. The van der Waals surface area contributed by atoms with Crippen LogP contribution in [0.5, 0.6) is 0 Å². The van der Waals surface area contributed by atoms with Crippen molar-refractivity contribution in [2.75, 3.05) is 7.05 Å². The molecule has 33 heavy (non-hydrogen) atoms. The van der Waals surface area contributed by atoms with E-state index < -0.39 is 0 Å². The molecule has 6 heteroatoms. The highest BCUT2D eigenvalue weighted by Crippen LogP contribution is 2.66. The summed E-state index contributed by atoms with van der Waals surface area (Å²) in [6.45, 7) is 13.1. The third kappa shape index (κ3) is 3.92. The quantitative estimate of drug-likeness (QED) is 0.585. The van der Waals surface area contributed by atoms with Crippen LogP contribution in [-0.2, 0) is 9.59 Å². The van der Waals surface area contributed by atoms with Gasteiger partial charge in [-0.3, -0.25) is 14.5 Å². The molecule has 0 radical (unpaired) electrons. The maximum absolute atomic E-state index is 14.0. The predicted octanol–water partition coefficient (Wildman–Crippen LogP) is 4.99. The number of thiocarbonyl (C=S) groups is 1. The van der Waals surface area contributed by atoms with Crippen LogP contribution in [-0.4, -0.2) is 51.9 Å². The Kier molecular flexibility index (Phi) is 6.65. The Labute approximate surface area is 206 Å². The molecule has 0 aromatic carbocycles. The molecule has 4 fully saturated rings. The van der Waals surface area contributed by atoms with E-state index in [1.807, 2.05) is 11.9 Å². The van der Waals surface area contributed by atoms with E-state index >= 15 is 0 Å².